The lowest BCUT2D eigenvalue weighted by molar-refractivity contribution is 0.0725. The maximum absolute atomic E-state index is 12.9. The largest absolute Gasteiger partial charge is 0.339 e. The third-order valence-corrected chi connectivity index (χ3v) is 6.09. The first kappa shape index (κ1) is 19.0. The molecule has 0 saturated carbocycles. The van der Waals surface area contributed by atoms with Gasteiger partial charge in [-0.15, -0.1) is 0 Å². The molecule has 8 heteroatoms. The average molecular weight is 413 g/mol. The molecule has 1 N–H and O–H groups in total. The number of carbonyl (C=O) groups excluding carboxylic acids is 1. The molecular formula is C18H18Cl2N2O3S. The molecule has 5 nitrogen and oxygen atoms in total. The average Bonchev–Trinajstić information content (AvgIpc) is 2.63. The van der Waals surface area contributed by atoms with E-state index in [4.69, 9.17) is 23.2 Å². The van der Waals surface area contributed by atoms with E-state index in [0.717, 1.165) is 19.3 Å². The number of nitrogens with one attached hydrogen (secondary N) is 1. The highest BCUT2D eigenvalue weighted by atomic mass is 35.5. The van der Waals surface area contributed by atoms with Crippen molar-refractivity contribution in [3.05, 3.63) is 58.1 Å². The number of amides is 1. The second-order valence-electron chi connectivity index (χ2n) is 6.10. The van der Waals surface area contributed by atoms with Crippen LogP contribution in [0.15, 0.2) is 47.4 Å². The zero-order valence-electron chi connectivity index (χ0n) is 13.9. The van der Waals surface area contributed by atoms with Crippen LogP contribution < -0.4 is 4.72 Å². The van der Waals surface area contributed by atoms with Gasteiger partial charge >= 0.3 is 0 Å². The number of hydrogen-bond donors (Lipinski definition) is 1. The maximum Gasteiger partial charge on any atom is 0.261 e. The quantitative estimate of drug-likeness (QED) is 0.807. The molecule has 138 valence electrons. The number of sulfonamides is 1. The van der Waals surface area contributed by atoms with E-state index in [1.807, 2.05) is 0 Å². The summed E-state index contributed by atoms with van der Waals surface area (Å²) in [5.41, 5.74) is 0.455. The van der Waals surface area contributed by atoms with Crippen LogP contribution in [0.1, 0.15) is 29.6 Å². The zero-order chi connectivity index (χ0) is 18.7. The van der Waals surface area contributed by atoms with Gasteiger partial charge in [0, 0.05) is 23.1 Å². The Hall–Kier alpha value is -1.76. The molecule has 2 aromatic carbocycles. The minimum Gasteiger partial charge on any atom is -0.339 e. The third kappa shape index (κ3) is 4.31. The van der Waals surface area contributed by atoms with Crippen LogP contribution in [0.3, 0.4) is 0 Å². The van der Waals surface area contributed by atoms with Gasteiger partial charge in [-0.25, -0.2) is 8.42 Å². The molecule has 1 fully saturated rings. The molecule has 1 aliphatic rings. The third-order valence-electron chi connectivity index (χ3n) is 4.22. The summed E-state index contributed by atoms with van der Waals surface area (Å²) in [7, 11) is -3.85. The number of carbonyl (C=O) groups is 1. The molecule has 26 heavy (non-hydrogen) atoms. The second-order valence-corrected chi connectivity index (χ2v) is 8.66. The number of halogens is 2. The van der Waals surface area contributed by atoms with Crippen molar-refractivity contribution in [2.75, 3.05) is 17.8 Å². The van der Waals surface area contributed by atoms with Crippen LogP contribution >= 0.6 is 23.2 Å². The van der Waals surface area contributed by atoms with Gasteiger partial charge in [-0.05, 0) is 61.7 Å². The number of piperidine rings is 1. The Morgan fingerprint density at radius 1 is 0.923 bits per heavy atom. The van der Waals surface area contributed by atoms with Crippen molar-refractivity contribution in [3.8, 4) is 0 Å². The number of rotatable bonds is 4. The van der Waals surface area contributed by atoms with E-state index >= 15 is 0 Å². The lowest BCUT2D eigenvalue weighted by atomic mass is 10.1. The highest BCUT2D eigenvalue weighted by Crippen LogP contribution is 2.26. The van der Waals surface area contributed by atoms with Crippen LogP contribution in [0.5, 0.6) is 0 Å². The lowest BCUT2D eigenvalue weighted by Gasteiger charge is -2.27. The molecule has 0 bridgehead atoms. The lowest BCUT2D eigenvalue weighted by Crippen LogP contribution is -2.36. The Morgan fingerprint density at radius 3 is 2.19 bits per heavy atom. The topological polar surface area (TPSA) is 66.5 Å². The van der Waals surface area contributed by atoms with Crippen molar-refractivity contribution >= 4 is 44.8 Å². The van der Waals surface area contributed by atoms with E-state index < -0.39 is 10.0 Å². The molecule has 3 rings (SSSR count). The fourth-order valence-corrected chi connectivity index (χ4v) is 4.25. The van der Waals surface area contributed by atoms with Gasteiger partial charge in [0.25, 0.3) is 15.9 Å². The summed E-state index contributed by atoms with van der Waals surface area (Å²) in [5.74, 6) is -0.221. The minimum atomic E-state index is -3.85. The zero-order valence-corrected chi connectivity index (χ0v) is 16.2. The van der Waals surface area contributed by atoms with Crippen LogP contribution in [-0.4, -0.2) is 32.3 Å². The fourth-order valence-electron chi connectivity index (χ4n) is 2.87. The normalized spacial score (nSPS) is 14.9. The highest BCUT2D eigenvalue weighted by molar-refractivity contribution is 7.92. The molecule has 0 radical (unpaired) electrons. The number of likely N-dealkylation sites (tertiary alicyclic amines) is 1. The number of benzene rings is 2. The minimum absolute atomic E-state index is 0.0632. The van der Waals surface area contributed by atoms with Crippen LogP contribution in [0.25, 0.3) is 0 Å². The van der Waals surface area contributed by atoms with Gasteiger partial charge in [0.05, 0.1) is 16.1 Å². The first-order valence-electron chi connectivity index (χ1n) is 8.24. The van der Waals surface area contributed by atoms with Crippen molar-refractivity contribution in [1.82, 2.24) is 4.90 Å². The Bertz CT molecular complexity index is 909. The summed E-state index contributed by atoms with van der Waals surface area (Å²) >= 11 is 11.9. The molecule has 0 aromatic heterocycles. The molecule has 1 amide bonds. The van der Waals surface area contributed by atoms with Crippen molar-refractivity contribution in [3.63, 3.8) is 0 Å². The van der Waals surface area contributed by atoms with Crippen LogP contribution in [0.4, 0.5) is 5.69 Å². The van der Waals surface area contributed by atoms with Crippen LogP contribution in [0.2, 0.25) is 10.0 Å². The molecule has 1 saturated heterocycles. The summed E-state index contributed by atoms with van der Waals surface area (Å²) in [5, 5.41) is 0.816. The van der Waals surface area contributed by atoms with Gasteiger partial charge < -0.3 is 4.90 Å². The number of anilines is 1. The molecule has 0 unspecified atom stereocenters. The molecule has 0 atom stereocenters. The summed E-state index contributed by atoms with van der Waals surface area (Å²) < 4.78 is 27.8. The van der Waals surface area contributed by atoms with E-state index in [0.29, 0.717) is 23.1 Å². The van der Waals surface area contributed by atoms with Crippen molar-refractivity contribution in [2.24, 2.45) is 0 Å². The Morgan fingerprint density at radius 2 is 1.54 bits per heavy atom. The Balaban J connectivity index is 1.92. The summed E-state index contributed by atoms with van der Waals surface area (Å²) in [6.07, 6.45) is 2.98. The molecule has 0 aliphatic carbocycles. The number of nitrogens with zero attached hydrogens (tertiary/aromatic N) is 1. The molecule has 0 spiro atoms. The summed E-state index contributed by atoms with van der Waals surface area (Å²) in [6.45, 7) is 1.32. The Kier molecular flexibility index (Phi) is 5.75. The smallest absolute Gasteiger partial charge is 0.261 e. The van der Waals surface area contributed by atoms with E-state index in [-0.39, 0.29) is 22.1 Å². The van der Waals surface area contributed by atoms with Gasteiger partial charge in [-0.1, -0.05) is 23.2 Å². The van der Waals surface area contributed by atoms with E-state index in [1.54, 1.807) is 11.0 Å². The fraction of sp³-hybridized carbons (Fsp3) is 0.278. The molecular weight excluding hydrogens is 395 g/mol. The van der Waals surface area contributed by atoms with Crippen molar-refractivity contribution in [2.45, 2.75) is 24.2 Å². The van der Waals surface area contributed by atoms with E-state index in [2.05, 4.69) is 4.72 Å². The molecule has 1 aliphatic heterocycles. The standard InChI is InChI=1S/C18H18Cl2N2O3S/c19-13-4-7-15(8-5-13)26(24,25)21-17-9-6-14(20)12-16(17)18(23)22-10-2-1-3-11-22/h4-9,12,21H,1-3,10-11H2. The molecule has 1 heterocycles. The van der Waals surface area contributed by atoms with Crippen LogP contribution in [-0.2, 0) is 10.0 Å². The van der Waals surface area contributed by atoms with E-state index in [9.17, 15) is 13.2 Å². The Labute approximate surface area is 163 Å². The van der Waals surface area contributed by atoms with Gasteiger partial charge in [0.15, 0.2) is 0 Å². The van der Waals surface area contributed by atoms with Gasteiger partial charge in [0.2, 0.25) is 0 Å². The van der Waals surface area contributed by atoms with Crippen LogP contribution in [0, 0.1) is 0 Å². The number of hydrogen-bond acceptors (Lipinski definition) is 3. The van der Waals surface area contributed by atoms with Gasteiger partial charge in [-0.3, -0.25) is 9.52 Å². The monoisotopic (exact) mass is 412 g/mol. The maximum atomic E-state index is 12.9. The molecule has 2 aromatic rings. The van der Waals surface area contributed by atoms with Crippen molar-refractivity contribution in [1.29, 1.82) is 0 Å². The summed E-state index contributed by atoms with van der Waals surface area (Å²) in [4.78, 5) is 14.6. The highest BCUT2D eigenvalue weighted by Gasteiger charge is 2.23. The summed E-state index contributed by atoms with van der Waals surface area (Å²) in [6, 6.07) is 10.4. The van der Waals surface area contributed by atoms with E-state index in [1.165, 1.54) is 36.4 Å². The second kappa shape index (κ2) is 7.86. The SMILES string of the molecule is O=C(c1cc(Cl)ccc1NS(=O)(=O)c1ccc(Cl)cc1)N1CCCCC1. The van der Waals surface area contributed by atoms with Gasteiger partial charge in [0.1, 0.15) is 0 Å². The predicted molar refractivity (Wildman–Crippen MR) is 103 cm³/mol. The first-order valence-corrected chi connectivity index (χ1v) is 10.5. The first-order chi connectivity index (χ1) is 12.4. The van der Waals surface area contributed by atoms with Crippen molar-refractivity contribution < 1.29 is 13.2 Å². The van der Waals surface area contributed by atoms with Gasteiger partial charge in [-0.2, -0.15) is 0 Å². The predicted octanol–water partition coefficient (Wildman–Crippen LogP) is 4.42.